The first-order valence-electron chi connectivity index (χ1n) is 4.17. The average Bonchev–Trinajstić information content (AvgIpc) is 2.16. The van der Waals surface area contributed by atoms with Crippen molar-refractivity contribution in [3.8, 4) is 0 Å². The van der Waals surface area contributed by atoms with Gasteiger partial charge in [0.1, 0.15) is 5.82 Å². The Balaban J connectivity index is 2.77. The van der Waals surface area contributed by atoms with Crippen LogP contribution in [0.1, 0.15) is 0 Å². The maximum absolute atomic E-state index is 12.9. The maximum Gasteiger partial charge on any atom is 0.123 e. The van der Waals surface area contributed by atoms with E-state index in [1.165, 1.54) is 12.1 Å². The van der Waals surface area contributed by atoms with Crippen molar-refractivity contribution in [1.82, 2.24) is 0 Å². The quantitative estimate of drug-likeness (QED) is 0.702. The van der Waals surface area contributed by atoms with Crippen LogP contribution in [0.15, 0.2) is 36.4 Å². The number of nitrogens with one attached hydrogen (secondary N) is 1. The number of hydrogen-bond donors (Lipinski definition) is 1. The molecule has 13 heavy (non-hydrogen) atoms. The second-order valence-corrected chi connectivity index (χ2v) is 2.92. The Morgan fingerprint density at radius 3 is 2.77 bits per heavy atom. The van der Waals surface area contributed by atoms with E-state index in [4.69, 9.17) is 0 Å². The van der Waals surface area contributed by atoms with Crippen LogP contribution in [-0.2, 0) is 0 Å². The van der Waals surface area contributed by atoms with Crippen molar-refractivity contribution in [3.63, 3.8) is 0 Å². The van der Waals surface area contributed by atoms with Crippen LogP contribution in [0.4, 0.5) is 10.1 Å². The zero-order chi connectivity index (χ0) is 9.26. The number of anilines is 1. The highest BCUT2D eigenvalue weighted by Gasteiger charge is 1.98. The molecule has 0 bridgehead atoms. The van der Waals surface area contributed by atoms with Gasteiger partial charge in [0.2, 0.25) is 0 Å². The number of benzene rings is 2. The maximum atomic E-state index is 12.9. The van der Waals surface area contributed by atoms with Gasteiger partial charge in [-0.1, -0.05) is 12.1 Å². The number of hydrogen-bond acceptors (Lipinski definition) is 1. The molecule has 0 aliphatic carbocycles. The minimum Gasteiger partial charge on any atom is -0.388 e. The van der Waals surface area contributed by atoms with Crippen molar-refractivity contribution < 1.29 is 4.39 Å². The first-order valence-corrected chi connectivity index (χ1v) is 4.17. The Morgan fingerprint density at radius 2 is 2.00 bits per heavy atom. The number of halogens is 1. The average molecular weight is 175 g/mol. The highest BCUT2D eigenvalue weighted by atomic mass is 19.1. The molecule has 1 N–H and O–H groups in total. The summed E-state index contributed by atoms with van der Waals surface area (Å²) >= 11 is 0. The summed E-state index contributed by atoms with van der Waals surface area (Å²) in [6.45, 7) is 0. The molecule has 0 heterocycles. The van der Waals surface area contributed by atoms with E-state index in [0.717, 1.165) is 16.5 Å². The van der Waals surface area contributed by atoms with Crippen molar-refractivity contribution in [2.24, 2.45) is 0 Å². The summed E-state index contributed by atoms with van der Waals surface area (Å²) < 4.78 is 12.9. The normalized spacial score (nSPS) is 10.3. The van der Waals surface area contributed by atoms with Crippen molar-refractivity contribution in [3.05, 3.63) is 42.2 Å². The fourth-order valence-corrected chi connectivity index (χ4v) is 1.47. The van der Waals surface area contributed by atoms with E-state index < -0.39 is 0 Å². The molecular formula is C11H10FN. The first-order chi connectivity index (χ1) is 6.31. The highest BCUT2D eigenvalue weighted by molar-refractivity contribution is 5.93. The van der Waals surface area contributed by atoms with Crippen LogP contribution < -0.4 is 5.32 Å². The Morgan fingerprint density at radius 1 is 1.15 bits per heavy atom. The minimum absolute atomic E-state index is 0.194. The van der Waals surface area contributed by atoms with Gasteiger partial charge in [0.25, 0.3) is 0 Å². The van der Waals surface area contributed by atoms with Crippen LogP contribution in [0.25, 0.3) is 10.8 Å². The first kappa shape index (κ1) is 8.05. The van der Waals surface area contributed by atoms with E-state index in [0.29, 0.717) is 0 Å². The van der Waals surface area contributed by atoms with Crippen LogP contribution >= 0.6 is 0 Å². The van der Waals surface area contributed by atoms with Crippen molar-refractivity contribution >= 4 is 16.5 Å². The second kappa shape index (κ2) is 3.05. The van der Waals surface area contributed by atoms with E-state index in [-0.39, 0.29) is 5.82 Å². The van der Waals surface area contributed by atoms with Crippen molar-refractivity contribution in [1.29, 1.82) is 0 Å². The summed E-state index contributed by atoms with van der Waals surface area (Å²) in [7, 11) is 1.86. The van der Waals surface area contributed by atoms with E-state index in [1.807, 2.05) is 25.2 Å². The SMILES string of the molecule is CNc1cccc2cc(F)ccc12. The fourth-order valence-electron chi connectivity index (χ4n) is 1.47. The third-order valence-corrected chi connectivity index (χ3v) is 2.11. The van der Waals surface area contributed by atoms with Gasteiger partial charge >= 0.3 is 0 Å². The van der Waals surface area contributed by atoms with E-state index in [1.54, 1.807) is 6.07 Å². The Kier molecular flexibility index (Phi) is 1.89. The standard InChI is InChI=1S/C11H10FN/c1-13-11-4-2-3-8-7-9(12)5-6-10(8)11/h2-7,13H,1H3. The molecular weight excluding hydrogens is 165 g/mol. The van der Waals surface area contributed by atoms with Gasteiger partial charge in [0.15, 0.2) is 0 Å². The molecule has 0 radical (unpaired) electrons. The number of fused-ring (bicyclic) bond motifs is 1. The minimum atomic E-state index is -0.194. The van der Waals surface area contributed by atoms with Crippen LogP contribution in [0.5, 0.6) is 0 Å². The molecule has 2 heteroatoms. The van der Waals surface area contributed by atoms with Crippen LogP contribution in [0, 0.1) is 5.82 Å². The van der Waals surface area contributed by atoms with Gasteiger partial charge in [-0.25, -0.2) is 4.39 Å². The molecule has 0 saturated carbocycles. The Bertz CT molecular complexity index is 437. The molecule has 66 valence electrons. The van der Waals surface area contributed by atoms with Gasteiger partial charge in [-0.2, -0.15) is 0 Å². The monoisotopic (exact) mass is 175 g/mol. The van der Waals surface area contributed by atoms with Gasteiger partial charge in [0.05, 0.1) is 0 Å². The molecule has 0 aliphatic heterocycles. The predicted molar refractivity (Wildman–Crippen MR) is 53.5 cm³/mol. The molecule has 2 aromatic rings. The van der Waals surface area contributed by atoms with E-state index in [2.05, 4.69) is 5.32 Å². The van der Waals surface area contributed by atoms with E-state index in [9.17, 15) is 4.39 Å². The smallest absolute Gasteiger partial charge is 0.123 e. The molecule has 0 aromatic heterocycles. The number of rotatable bonds is 1. The Hall–Kier alpha value is -1.57. The topological polar surface area (TPSA) is 12.0 Å². The summed E-state index contributed by atoms with van der Waals surface area (Å²) in [5, 5.41) is 5.04. The third-order valence-electron chi connectivity index (χ3n) is 2.11. The summed E-state index contributed by atoms with van der Waals surface area (Å²) in [4.78, 5) is 0. The van der Waals surface area contributed by atoms with Gasteiger partial charge in [-0.3, -0.25) is 0 Å². The van der Waals surface area contributed by atoms with Crippen LogP contribution in [0.2, 0.25) is 0 Å². The van der Waals surface area contributed by atoms with Gasteiger partial charge in [-0.05, 0) is 29.7 Å². The lowest BCUT2D eigenvalue weighted by Crippen LogP contribution is -1.89. The zero-order valence-corrected chi connectivity index (χ0v) is 7.34. The summed E-state index contributed by atoms with van der Waals surface area (Å²) in [6.07, 6.45) is 0. The Labute approximate surface area is 76.2 Å². The molecule has 0 amide bonds. The molecule has 0 spiro atoms. The molecule has 0 unspecified atom stereocenters. The predicted octanol–water partition coefficient (Wildman–Crippen LogP) is 3.02. The van der Waals surface area contributed by atoms with Gasteiger partial charge < -0.3 is 5.32 Å². The van der Waals surface area contributed by atoms with E-state index >= 15 is 0 Å². The van der Waals surface area contributed by atoms with Crippen LogP contribution in [0.3, 0.4) is 0 Å². The van der Waals surface area contributed by atoms with Gasteiger partial charge in [0, 0.05) is 18.1 Å². The second-order valence-electron chi connectivity index (χ2n) is 2.92. The summed E-state index contributed by atoms with van der Waals surface area (Å²) in [6, 6.07) is 10.6. The zero-order valence-electron chi connectivity index (χ0n) is 7.34. The lowest BCUT2D eigenvalue weighted by Gasteiger charge is -2.04. The molecule has 0 saturated heterocycles. The summed E-state index contributed by atoms with van der Waals surface area (Å²) in [5.41, 5.74) is 1.03. The van der Waals surface area contributed by atoms with Crippen molar-refractivity contribution in [2.45, 2.75) is 0 Å². The molecule has 2 rings (SSSR count). The third kappa shape index (κ3) is 1.35. The molecule has 2 aromatic carbocycles. The molecule has 1 nitrogen and oxygen atoms in total. The molecule has 0 fully saturated rings. The lowest BCUT2D eigenvalue weighted by molar-refractivity contribution is 0.630. The van der Waals surface area contributed by atoms with Gasteiger partial charge in [-0.15, -0.1) is 0 Å². The molecule has 0 aliphatic rings. The van der Waals surface area contributed by atoms with Crippen LogP contribution in [-0.4, -0.2) is 7.05 Å². The largest absolute Gasteiger partial charge is 0.388 e. The lowest BCUT2D eigenvalue weighted by atomic mass is 10.1. The molecule has 0 atom stereocenters. The fraction of sp³-hybridized carbons (Fsp3) is 0.0909. The highest BCUT2D eigenvalue weighted by Crippen LogP contribution is 2.23. The summed E-state index contributed by atoms with van der Waals surface area (Å²) in [5.74, 6) is -0.194. The van der Waals surface area contributed by atoms with Crippen molar-refractivity contribution in [2.75, 3.05) is 12.4 Å².